The molecule has 0 atom stereocenters. The van der Waals surface area contributed by atoms with Crippen molar-refractivity contribution in [3.63, 3.8) is 0 Å². The van der Waals surface area contributed by atoms with Crippen molar-refractivity contribution in [3.05, 3.63) is 91.3 Å². The molecule has 0 saturated heterocycles. The maximum absolute atomic E-state index is 12.5. The molecule has 0 aliphatic carbocycles. The number of rotatable bonds is 5. The van der Waals surface area contributed by atoms with Gasteiger partial charge >= 0.3 is 6.03 Å². The average molecular weight is 476 g/mol. The van der Waals surface area contributed by atoms with Crippen molar-refractivity contribution in [1.82, 2.24) is 34.7 Å². The maximum Gasteiger partial charge on any atom is 0.324 e. The number of carbonyl (C=O) groups excluding carboxylic acids is 1. The van der Waals surface area contributed by atoms with E-state index in [4.69, 9.17) is 0 Å². The molecular weight excluding hydrogens is 454 g/mol. The minimum Gasteiger partial charge on any atom is -0.339 e. The molecule has 0 radical (unpaired) electrons. The molecule has 0 saturated carbocycles. The Hall–Kier alpha value is -5.25. The normalized spacial score (nSPS) is 11.0. The van der Waals surface area contributed by atoms with E-state index in [2.05, 4.69) is 40.8 Å². The van der Waals surface area contributed by atoms with Crippen molar-refractivity contribution in [2.24, 2.45) is 0 Å². The highest BCUT2D eigenvalue weighted by Crippen LogP contribution is 2.27. The first kappa shape index (κ1) is 21.3. The Morgan fingerprint density at radius 3 is 2.47 bits per heavy atom. The van der Waals surface area contributed by atoms with Crippen molar-refractivity contribution < 1.29 is 4.79 Å². The highest BCUT2D eigenvalue weighted by atomic mass is 16.2. The summed E-state index contributed by atoms with van der Waals surface area (Å²) in [6, 6.07) is 20.7. The van der Waals surface area contributed by atoms with Crippen LogP contribution in [0.4, 0.5) is 16.3 Å². The molecule has 4 aromatic heterocycles. The predicted octanol–water partition coefficient (Wildman–Crippen LogP) is 5.15. The zero-order chi connectivity index (χ0) is 24.5. The second-order valence-electron chi connectivity index (χ2n) is 8.25. The van der Waals surface area contributed by atoms with Crippen LogP contribution in [0.15, 0.2) is 85.6 Å². The Labute approximate surface area is 205 Å². The zero-order valence-corrected chi connectivity index (χ0v) is 19.2. The molecule has 10 nitrogen and oxygen atoms in total. The fourth-order valence-corrected chi connectivity index (χ4v) is 3.99. The largest absolute Gasteiger partial charge is 0.339 e. The van der Waals surface area contributed by atoms with E-state index in [1.54, 1.807) is 12.4 Å². The molecule has 6 rings (SSSR count). The van der Waals surface area contributed by atoms with Gasteiger partial charge in [0.1, 0.15) is 18.3 Å². The smallest absolute Gasteiger partial charge is 0.324 e. The molecule has 10 heteroatoms. The van der Waals surface area contributed by atoms with Gasteiger partial charge in [-0.2, -0.15) is 5.10 Å². The van der Waals surface area contributed by atoms with Crippen LogP contribution in [0.5, 0.6) is 0 Å². The number of carbonyl (C=O) groups is 1. The fraction of sp³-hybridized carbons (Fsp3) is 0.0385. The molecule has 36 heavy (non-hydrogen) atoms. The summed E-state index contributed by atoms with van der Waals surface area (Å²) in [7, 11) is 0. The first-order valence-corrected chi connectivity index (χ1v) is 11.3. The summed E-state index contributed by atoms with van der Waals surface area (Å²) in [5, 5.41) is 13.6. The lowest BCUT2D eigenvalue weighted by molar-refractivity contribution is 0.262. The Kier molecular flexibility index (Phi) is 5.23. The van der Waals surface area contributed by atoms with Gasteiger partial charge in [-0.3, -0.25) is 15.0 Å². The van der Waals surface area contributed by atoms with Crippen molar-refractivity contribution in [1.29, 1.82) is 0 Å². The lowest BCUT2D eigenvalue weighted by Gasteiger charge is -2.06. The zero-order valence-electron chi connectivity index (χ0n) is 19.2. The molecule has 0 unspecified atom stereocenters. The summed E-state index contributed by atoms with van der Waals surface area (Å²) in [6.07, 6.45) is 5.19. The number of aromatic amines is 2. The highest BCUT2D eigenvalue weighted by molar-refractivity contribution is 5.99. The van der Waals surface area contributed by atoms with E-state index >= 15 is 0 Å². The van der Waals surface area contributed by atoms with Crippen LogP contribution in [0.2, 0.25) is 0 Å². The van der Waals surface area contributed by atoms with E-state index in [0.717, 1.165) is 45.1 Å². The molecule has 4 N–H and O–H groups in total. The number of nitrogens with one attached hydrogen (secondary N) is 4. The summed E-state index contributed by atoms with van der Waals surface area (Å²) in [6.45, 7) is 1.93. The van der Waals surface area contributed by atoms with Gasteiger partial charge in [-0.1, -0.05) is 42.5 Å². The van der Waals surface area contributed by atoms with Gasteiger partial charge in [0.25, 0.3) is 0 Å². The van der Waals surface area contributed by atoms with Gasteiger partial charge in [0.2, 0.25) is 0 Å². The summed E-state index contributed by atoms with van der Waals surface area (Å²) in [5.74, 6) is 1.19. The monoisotopic (exact) mass is 475 g/mol. The van der Waals surface area contributed by atoms with Gasteiger partial charge in [-0.05, 0) is 36.2 Å². The number of aromatic nitrogens is 7. The Bertz CT molecular complexity index is 1660. The van der Waals surface area contributed by atoms with Gasteiger partial charge in [0.05, 0.1) is 16.8 Å². The van der Waals surface area contributed by atoms with Crippen LogP contribution >= 0.6 is 0 Å². The van der Waals surface area contributed by atoms with Crippen LogP contribution in [0.3, 0.4) is 0 Å². The minimum atomic E-state index is -0.380. The number of urea groups is 1. The van der Waals surface area contributed by atoms with E-state index in [9.17, 15) is 4.79 Å². The number of nitrogens with zero attached hydrogens (tertiary/aromatic N) is 5. The SMILES string of the molecule is Cc1cn(-c2ncnc3[nH]c(-c4ccc(NC(=O)Nc5cc(-c6ccccc6)[nH]n5)cc4)cc23)cn1. The topological polar surface area (TPSA) is 129 Å². The van der Waals surface area contributed by atoms with Gasteiger partial charge in [-0.15, -0.1) is 0 Å². The number of fused-ring (bicyclic) bond motifs is 1. The summed E-state index contributed by atoms with van der Waals surface area (Å²) in [5.41, 5.74) is 5.95. The van der Waals surface area contributed by atoms with Crippen molar-refractivity contribution in [3.8, 4) is 28.3 Å². The maximum atomic E-state index is 12.5. The first-order chi connectivity index (χ1) is 17.6. The average Bonchev–Trinajstić information content (AvgIpc) is 3.64. The molecule has 0 aliphatic rings. The number of aryl methyl sites for hydroxylation is 1. The molecular formula is C26H21N9O. The van der Waals surface area contributed by atoms with Crippen LogP contribution in [-0.4, -0.2) is 40.7 Å². The van der Waals surface area contributed by atoms with Crippen LogP contribution < -0.4 is 10.6 Å². The molecule has 2 aromatic carbocycles. The van der Waals surface area contributed by atoms with Crippen molar-refractivity contribution in [2.45, 2.75) is 6.92 Å². The molecule has 4 heterocycles. The van der Waals surface area contributed by atoms with Gasteiger partial charge in [0.15, 0.2) is 11.6 Å². The second kappa shape index (κ2) is 8.84. The molecule has 2 amide bonds. The van der Waals surface area contributed by atoms with Crippen LogP contribution in [-0.2, 0) is 0 Å². The van der Waals surface area contributed by atoms with Crippen LogP contribution in [0.1, 0.15) is 5.69 Å². The van der Waals surface area contributed by atoms with Gasteiger partial charge in [-0.25, -0.2) is 19.7 Å². The molecule has 0 spiro atoms. The molecule has 0 bridgehead atoms. The third-order valence-electron chi connectivity index (χ3n) is 5.72. The number of hydrogen-bond acceptors (Lipinski definition) is 5. The molecule has 6 aromatic rings. The van der Waals surface area contributed by atoms with Crippen molar-refractivity contribution in [2.75, 3.05) is 10.6 Å². The number of anilines is 2. The van der Waals surface area contributed by atoms with E-state index in [-0.39, 0.29) is 6.03 Å². The van der Waals surface area contributed by atoms with E-state index in [0.29, 0.717) is 11.5 Å². The fourth-order valence-electron chi connectivity index (χ4n) is 3.99. The van der Waals surface area contributed by atoms with Crippen molar-refractivity contribution >= 4 is 28.6 Å². The van der Waals surface area contributed by atoms with E-state index in [1.165, 1.54) is 6.33 Å². The number of H-pyrrole nitrogens is 2. The lowest BCUT2D eigenvalue weighted by atomic mass is 10.1. The first-order valence-electron chi connectivity index (χ1n) is 11.3. The van der Waals surface area contributed by atoms with Crippen LogP contribution in [0.25, 0.3) is 39.4 Å². The molecule has 0 fully saturated rings. The third-order valence-corrected chi connectivity index (χ3v) is 5.72. The van der Waals surface area contributed by atoms with Crippen LogP contribution in [0, 0.1) is 6.92 Å². The van der Waals surface area contributed by atoms with Gasteiger partial charge < -0.3 is 10.3 Å². The molecule has 176 valence electrons. The molecule has 0 aliphatic heterocycles. The Morgan fingerprint density at radius 1 is 0.889 bits per heavy atom. The lowest BCUT2D eigenvalue weighted by Crippen LogP contribution is -2.19. The third kappa shape index (κ3) is 4.18. The Morgan fingerprint density at radius 2 is 1.69 bits per heavy atom. The number of hydrogen-bond donors (Lipinski definition) is 4. The highest BCUT2D eigenvalue weighted by Gasteiger charge is 2.12. The number of amides is 2. The standard InChI is InChI=1S/C26H21N9O/c1-16-13-35(15-29-16)25-20-11-21(31-24(20)27-14-28-25)18-7-9-19(10-8-18)30-26(36)32-23-12-22(33-34-23)17-5-3-2-4-6-17/h2-15H,1H3,(H,27,28,31)(H3,30,32,33,34,36). The summed E-state index contributed by atoms with van der Waals surface area (Å²) >= 11 is 0. The van der Waals surface area contributed by atoms with Gasteiger partial charge in [0, 0.05) is 23.6 Å². The number of benzene rings is 2. The summed E-state index contributed by atoms with van der Waals surface area (Å²) in [4.78, 5) is 28.9. The number of imidazole rings is 1. The second-order valence-corrected chi connectivity index (χ2v) is 8.25. The minimum absolute atomic E-state index is 0.380. The van der Waals surface area contributed by atoms with E-state index < -0.39 is 0 Å². The Balaban J connectivity index is 1.16. The van der Waals surface area contributed by atoms with E-state index in [1.807, 2.05) is 78.4 Å². The quantitative estimate of drug-likeness (QED) is 0.274. The predicted molar refractivity (Wildman–Crippen MR) is 138 cm³/mol. The summed E-state index contributed by atoms with van der Waals surface area (Å²) < 4.78 is 1.88.